The second-order valence-corrected chi connectivity index (χ2v) is 4.39. The number of amides is 2. The number of nitrogens with one attached hydrogen (secondary N) is 1. The molecule has 0 radical (unpaired) electrons. The topological polar surface area (TPSA) is 72.9 Å². The zero-order chi connectivity index (χ0) is 14.6. The van der Waals surface area contributed by atoms with Gasteiger partial charge >= 0.3 is 12.3 Å². The number of hydrogen-bond acceptors (Lipinski definition) is 3. The van der Waals surface area contributed by atoms with Gasteiger partial charge in [-0.05, 0) is 6.92 Å². The first-order chi connectivity index (χ1) is 8.69. The molecule has 1 fully saturated rings. The number of carbonyl (C=O) groups is 2. The summed E-state index contributed by atoms with van der Waals surface area (Å²) in [4.78, 5) is 24.8. The largest absolute Gasteiger partial charge is 0.465 e. The number of alkyl halides is 3. The van der Waals surface area contributed by atoms with E-state index in [1.54, 1.807) is 0 Å². The zero-order valence-corrected chi connectivity index (χ0v) is 10.4. The summed E-state index contributed by atoms with van der Waals surface area (Å²) in [5, 5.41) is 10.5. The normalized spacial score (nSPS) is 19.1. The van der Waals surface area contributed by atoms with Crippen molar-refractivity contribution in [3.05, 3.63) is 0 Å². The Morgan fingerprint density at radius 3 is 2.21 bits per heavy atom. The van der Waals surface area contributed by atoms with Crippen molar-refractivity contribution in [1.82, 2.24) is 15.1 Å². The molecule has 2 amide bonds. The first-order valence-electron chi connectivity index (χ1n) is 5.76. The molecular formula is C10H16F3N3O3. The molecule has 0 spiro atoms. The molecule has 1 aliphatic heterocycles. The predicted molar refractivity (Wildman–Crippen MR) is 59.7 cm³/mol. The summed E-state index contributed by atoms with van der Waals surface area (Å²) in [7, 11) is 0. The molecule has 2 N–H and O–H groups in total. The first-order valence-corrected chi connectivity index (χ1v) is 5.76. The molecule has 0 saturated carbocycles. The van der Waals surface area contributed by atoms with Crippen molar-refractivity contribution in [1.29, 1.82) is 0 Å². The van der Waals surface area contributed by atoms with E-state index in [1.807, 2.05) is 5.32 Å². The number of carboxylic acid groups (broad SMARTS) is 1. The van der Waals surface area contributed by atoms with E-state index in [0.717, 1.165) is 0 Å². The average molecular weight is 283 g/mol. The van der Waals surface area contributed by atoms with Crippen LogP contribution in [0.5, 0.6) is 0 Å². The molecule has 0 bridgehead atoms. The van der Waals surface area contributed by atoms with Gasteiger partial charge in [-0.25, -0.2) is 4.79 Å². The molecule has 1 saturated heterocycles. The molecule has 0 aromatic rings. The molecule has 1 aliphatic rings. The molecule has 0 aromatic carbocycles. The van der Waals surface area contributed by atoms with Crippen molar-refractivity contribution in [2.24, 2.45) is 0 Å². The Balaban J connectivity index is 2.41. The predicted octanol–water partition coefficient (Wildman–Crippen LogP) is 0.349. The molecule has 0 aliphatic carbocycles. The van der Waals surface area contributed by atoms with Gasteiger partial charge in [0.05, 0.1) is 6.54 Å². The highest BCUT2D eigenvalue weighted by Gasteiger charge is 2.33. The monoisotopic (exact) mass is 283 g/mol. The molecule has 1 rings (SSSR count). The first kappa shape index (κ1) is 15.5. The summed E-state index contributed by atoms with van der Waals surface area (Å²) in [5.41, 5.74) is 0. The van der Waals surface area contributed by atoms with Crippen LogP contribution in [-0.4, -0.2) is 71.8 Å². The number of halogens is 3. The van der Waals surface area contributed by atoms with Crippen LogP contribution in [0.25, 0.3) is 0 Å². The number of hydrogen-bond donors (Lipinski definition) is 2. The third-order valence-electron chi connectivity index (χ3n) is 2.80. The van der Waals surface area contributed by atoms with Crippen molar-refractivity contribution in [3.8, 4) is 0 Å². The van der Waals surface area contributed by atoms with Gasteiger partial charge in [0.25, 0.3) is 0 Å². The fourth-order valence-corrected chi connectivity index (χ4v) is 1.90. The Labute approximate surface area is 108 Å². The lowest BCUT2D eigenvalue weighted by atomic mass is 10.2. The summed E-state index contributed by atoms with van der Waals surface area (Å²) in [5.74, 6) is -0.422. The van der Waals surface area contributed by atoms with Crippen LogP contribution in [-0.2, 0) is 4.79 Å². The summed E-state index contributed by atoms with van der Waals surface area (Å²) in [6.45, 7) is 1.01. The Morgan fingerprint density at radius 2 is 1.79 bits per heavy atom. The van der Waals surface area contributed by atoms with Crippen molar-refractivity contribution in [2.45, 2.75) is 19.1 Å². The van der Waals surface area contributed by atoms with E-state index in [4.69, 9.17) is 5.11 Å². The van der Waals surface area contributed by atoms with Gasteiger partial charge in [-0.15, -0.1) is 0 Å². The van der Waals surface area contributed by atoms with E-state index in [0.29, 0.717) is 0 Å². The number of piperazine rings is 1. The van der Waals surface area contributed by atoms with Gasteiger partial charge in [0.2, 0.25) is 5.91 Å². The second-order valence-electron chi connectivity index (χ2n) is 4.39. The van der Waals surface area contributed by atoms with Crippen LogP contribution in [0, 0.1) is 0 Å². The minimum atomic E-state index is -4.25. The van der Waals surface area contributed by atoms with Crippen LogP contribution in [0.2, 0.25) is 0 Å². The van der Waals surface area contributed by atoms with Crippen LogP contribution in [0.1, 0.15) is 6.92 Å². The van der Waals surface area contributed by atoms with Gasteiger partial charge in [-0.3, -0.25) is 9.69 Å². The van der Waals surface area contributed by atoms with E-state index >= 15 is 0 Å². The highest BCUT2D eigenvalue weighted by Crippen LogP contribution is 2.17. The Morgan fingerprint density at radius 1 is 1.26 bits per heavy atom. The second kappa shape index (κ2) is 6.09. The average Bonchev–Trinajstić information content (AvgIpc) is 2.26. The standard InChI is InChI=1S/C10H16F3N3O3/c1-7(14-9(18)19)8(17)16-4-2-15(3-5-16)6-10(11,12)13/h7,14H,2-6H2,1H3,(H,18,19). The number of nitrogens with zero attached hydrogens (tertiary/aromatic N) is 2. The quantitative estimate of drug-likeness (QED) is 0.784. The maximum absolute atomic E-state index is 12.2. The molecule has 0 aromatic heterocycles. The summed E-state index contributed by atoms with van der Waals surface area (Å²) in [6, 6.07) is -0.897. The van der Waals surface area contributed by atoms with Crippen molar-refractivity contribution in [3.63, 3.8) is 0 Å². The smallest absolute Gasteiger partial charge is 0.405 e. The van der Waals surface area contributed by atoms with Crippen LogP contribution in [0.4, 0.5) is 18.0 Å². The maximum Gasteiger partial charge on any atom is 0.405 e. The SMILES string of the molecule is CC(NC(=O)O)C(=O)N1CCN(CC(F)(F)F)CC1. The van der Waals surface area contributed by atoms with Gasteiger partial charge in [-0.2, -0.15) is 13.2 Å². The lowest BCUT2D eigenvalue weighted by Gasteiger charge is -2.36. The Kier molecular flexibility index (Phi) is 4.98. The van der Waals surface area contributed by atoms with Gasteiger partial charge in [-0.1, -0.05) is 0 Å². The molecule has 110 valence electrons. The fourth-order valence-electron chi connectivity index (χ4n) is 1.90. The van der Waals surface area contributed by atoms with E-state index in [-0.39, 0.29) is 26.2 Å². The lowest BCUT2D eigenvalue weighted by Crippen LogP contribution is -2.55. The minimum absolute atomic E-state index is 0.130. The van der Waals surface area contributed by atoms with Crippen LogP contribution >= 0.6 is 0 Å². The summed E-state index contributed by atoms with van der Waals surface area (Å²) in [6.07, 6.45) is -5.55. The number of rotatable bonds is 3. The van der Waals surface area contributed by atoms with Crippen LogP contribution in [0.15, 0.2) is 0 Å². The van der Waals surface area contributed by atoms with E-state index < -0.39 is 30.8 Å². The molecule has 9 heteroatoms. The highest BCUT2D eigenvalue weighted by molar-refractivity contribution is 5.84. The number of carbonyl (C=O) groups excluding carboxylic acids is 1. The van der Waals surface area contributed by atoms with Crippen molar-refractivity contribution >= 4 is 12.0 Å². The Bertz CT molecular complexity index is 341. The molecule has 1 heterocycles. The summed E-state index contributed by atoms with van der Waals surface area (Å²) < 4.78 is 36.5. The molecular weight excluding hydrogens is 267 g/mol. The molecule has 1 atom stereocenters. The summed E-state index contributed by atoms with van der Waals surface area (Å²) >= 11 is 0. The van der Waals surface area contributed by atoms with Gasteiger partial charge in [0.1, 0.15) is 6.04 Å². The lowest BCUT2D eigenvalue weighted by molar-refractivity contribution is -0.152. The van der Waals surface area contributed by atoms with Crippen LogP contribution in [0.3, 0.4) is 0 Å². The maximum atomic E-state index is 12.2. The fraction of sp³-hybridized carbons (Fsp3) is 0.800. The van der Waals surface area contributed by atoms with E-state index in [1.165, 1.54) is 16.7 Å². The third kappa shape index (κ3) is 5.33. The van der Waals surface area contributed by atoms with E-state index in [9.17, 15) is 22.8 Å². The van der Waals surface area contributed by atoms with Crippen LogP contribution < -0.4 is 5.32 Å². The van der Waals surface area contributed by atoms with Gasteiger partial charge in [0.15, 0.2) is 0 Å². The third-order valence-corrected chi connectivity index (χ3v) is 2.80. The van der Waals surface area contributed by atoms with Gasteiger partial charge < -0.3 is 15.3 Å². The molecule has 19 heavy (non-hydrogen) atoms. The van der Waals surface area contributed by atoms with Crippen molar-refractivity contribution < 1.29 is 27.9 Å². The molecule has 1 unspecified atom stereocenters. The van der Waals surface area contributed by atoms with Crippen molar-refractivity contribution in [2.75, 3.05) is 32.7 Å². The highest BCUT2D eigenvalue weighted by atomic mass is 19.4. The molecule has 6 nitrogen and oxygen atoms in total. The Hall–Kier alpha value is -1.51. The zero-order valence-electron chi connectivity index (χ0n) is 10.4. The van der Waals surface area contributed by atoms with E-state index in [2.05, 4.69) is 0 Å². The van der Waals surface area contributed by atoms with Gasteiger partial charge in [0, 0.05) is 26.2 Å². The minimum Gasteiger partial charge on any atom is -0.465 e.